The van der Waals surface area contributed by atoms with E-state index in [2.05, 4.69) is 5.32 Å². The number of thiophene rings is 1. The first-order valence-electron chi connectivity index (χ1n) is 7.58. The Balaban J connectivity index is 1.85. The largest absolute Gasteiger partial charge is 0.353 e. The smallest absolute Gasteiger partial charge is 0.223 e. The number of carbonyl (C=O) groups is 2. The van der Waals surface area contributed by atoms with Gasteiger partial charge in [0, 0.05) is 18.4 Å². The van der Waals surface area contributed by atoms with Gasteiger partial charge in [-0.3, -0.25) is 9.59 Å². The molecule has 1 aromatic heterocycles. The lowest BCUT2D eigenvalue weighted by Crippen LogP contribution is -2.38. The van der Waals surface area contributed by atoms with Crippen LogP contribution in [0, 0.1) is 11.7 Å². The first kappa shape index (κ1) is 17.3. The molecule has 0 bridgehead atoms. The van der Waals surface area contributed by atoms with Crippen LogP contribution in [0.15, 0.2) is 41.8 Å². The van der Waals surface area contributed by atoms with Crippen LogP contribution in [0.4, 0.5) is 4.39 Å². The van der Waals surface area contributed by atoms with Gasteiger partial charge in [0.05, 0.1) is 4.88 Å². The van der Waals surface area contributed by atoms with Crippen molar-refractivity contribution in [3.63, 3.8) is 0 Å². The summed E-state index contributed by atoms with van der Waals surface area (Å²) in [6.07, 6.45) is 0.600. The Hall–Kier alpha value is -2.01. The van der Waals surface area contributed by atoms with Crippen molar-refractivity contribution < 1.29 is 14.0 Å². The van der Waals surface area contributed by atoms with Crippen molar-refractivity contribution in [1.29, 1.82) is 0 Å². The minimum absolute atomic E-state index is 0.0227. The summed E-state index contributed by atoms with van der Waals surface area (Å²) in [5.41, 5.74) is 0.525. The molecular weight excluding hydrogens is 313 g/mol. The van der Waals surface area contributed by atoms with Crippen molar-refractivity contribution in [2.75, 3.05) is 0 Å². The third kappa shape index (κ3) is 4.99. The maximum Gasteiger partial charge on any atom is 0.223 e. The lowest BCUT2D eigenvalue weighted by Gasteiger charge is -2.17. The van der Waals surface area contributed by atoms with Crippen LogP contribution in [-0.2, 0) is 11.2 Å². The summed E-state index contributed by atoms with van der Waals surface area (Å²) >= 11 is 1.40. The van der Waals surface area contributed by atoms with Gasteiger partial charge in [-0.05, 0) is 36.4 Å². The van der Waals surface area contributed by atoms with E-state index in [0.717, 1.165) is 0 Å². The van der Waals surface area contributed by atoms with Gasteiger partial charge in [-0.25, -0.2) is 4.39 Å². The topological polar surface area (TPSA) is 46.2 Å². The summed E-state index contributed by atoms with van der Waals surface area (Å²) in [5.74, 6) is -0.798. The van der Waals surface area contributed by atoms with E-state index in [-0.39, 0.29) is 35.9 Å². The number of Topliss-reactive ketones (excluding diaryl/α,β-unsaturated/α-hetero) is 1. The van der Waals surface area contributed by atoms with Gasteiger partial charge < -0.3 is 5.32 Å². The molecule has 0 aliphatic rings. The molecule has 2 aromatic rings. The van der Waals surface area contributed by atoms with Gasteiger partial charge in [0.25, 0.3) is 0 Å². The second kappa shape index (κ2) is 8.02. The molecule has 5 heteroatoms. The molecule has 1 aromatic carbocycles. The van der Waals surface area contributed by atoms with E-state index in [0.29, 0.717) is 16.9 Å². The summed E-state index contributed by atoms with van der Waals surface area (Å²) in [6, 6.07) is 9.82. The van der Waals surface area contributed by atoms with Crippen LogP contribution in [-0.4, -0.2) is 17.7 Å². The van der Waals surface area contributed by atoms with Gasteiger partial charge in [0.2, 0.25) is 5.91 Å². The van der Waals surface area contributed by atoms with Crippen LogP contribution in [0.3, 0.4) is 0 Å². The molecule has 0 saturated heterocycles. The number of halogens is 1. The summed E-state index contributed by atoms with van der Waals surface area (Å²) in [6.45, 7) is 3.56. The lowest BCUT2D eigenvalue weighted by atomic mass is 9.99. The third-order valence-electron chi connectivity index (χ3n) is 3.61. The van der Waals surface area contributed by atoms with E-state index in [1.165, 1.54) is 17.4 Å². The van der Waals surface area contributed by atoms with Gasteiger partial charge in [0.15, 0.2) is 5.78 Å². The number of rotatable bonds is 7. The zero-order valence-corrected chi connectivity index (χ0v) is 14.0. The van der Waals surface area contributed by atoms with Gasteiger partial charge in [-0.2, -0.15) is 0 Å². The van der Waals surface area contributed by atoms with Crippen molar-refractivity contribution in [3.8, 4) is 0 Å². The minimum atomic E-state index is -0.355. The summed E-state index contributed by atoms with van der Waals surface area (Å²) in [5, 5.41) is 4.69. The van der Waals surface area contributed by atoms with Crippen LogP contribution in [0.25, 0.3) is 0 Å². The normalized spacial score (nSPS) is 13.3. The van der Waals surface area contributed by atoms with Gasteiger partial charge >= 0.3 is 0 Å². The highest BCUT2D eigenvalue weighted by atomic mass is 32.1. The van der Waals surface area contributed by atoms with E-state index in [1.807, 2.05) is 11.4 Å². The molecular formula is C18H20FNO2S. The monoisotopic (exact) mass is 333 g/mol. The Labute approximate surface area is 139 Å². The maximum atomic E-state index is 13.6. The number of carbonyl (C=O) groups excluding carboxylic acids is 2. The highest BCUT2D eigenvalue weighted by Gasteiger charge is 2.19. The Morgan fingerprint density at radius 3 is 2.57 bits per heavy atom. The first-order valence-corrected chi connectivity index (χ1v) is 8.46. The summed E-state index contributed by atoms with van der Waals surface area (Å²) in [4.78, 5) is 24.9. The second-order valence-corrected chi connectivity index (χ2v) is 6.66. The van der Waals surface area contributed by atoms with E-state index in [1.54, 1.807) is 38.1 Å². The molecule has 0 saturated carbocycles. The van der Waals surface area contributed by atoms with E-state index >= 15 is 0 Å². The molecule has 1 N–H and O–H groups in total. The zero-order chi connectivity index (χ0) is 16.8. The van der Waals surface area contributed by atoms with Crippen molar-refractivity contribution in [3.05, 3.63) is 58.0 Å². The lowest BCUT2D eigenvalue weighted by molar-refractivity contribution is -0.125. The van der Waals surface area contributed by atoms with Crippen molar-refractivity contribution in [2.24, 2.45) is 5.92 Å². The molecule has 3 nitrogen and oxygen atoms in total. The fraction of sp³-hybridized carbons (Fsp3) is 0.333. The summed E-state index contributed by atoms with van der Waals surface area (Å²) < 4.78 is 13.6. The molecule has 2 atom stereocenters. The van der Waals surface area contributed by atoms with Crippen molar-refractivity contribution >= 4 is 23.0 Å². The number of amides is 1. The average molecular weight is 333 g/mol. The van der Waals surface area contributed by atoms with Gasteiger partial charge in [0.1, 0.15) is 5.82 Å². The molecule has 0 radical (unpaired) electrons. The minimum Gasteiger partial charge on any atom is -0.353 e. The molecule has 0 unspecified atom stereocenters. The highest BCUT2D eigenvalue weighted by Crippen LogP contribution is 2.14. The second-order valence-electron chi connectivity index (χ2n) is 5.71. The molecule has 0 spiro atoms. The molecule has 122 valence electrons. The molecule has 2 rings (SSSR count). The maximum absolute atomic E-state index is 13.6. The van der Waals surface area contributed by atoms with Crippen LogP contribution >= 0.6 is 11.3 Å². The Morgan fingerprint density at radius 2 is 1.91 bits per heavy atom. The Bertz CT molecular complexity index is 669. The molecule has 0 fully saturated rings. The highest BCUT2D eigenvalue weighted by molar-refractivity contribution is 7.12. The van der Waals surface area contributed by atoms with Crippen molar-refractivity contribution in [1.82, 2.24) is 5.32 Å². The Kier molecular flexibility index (Phi) is 6.04. The van der Waals surface area contributed by atoms with Gasteiger partial charge in [-0.15, -0.1) is 11.3 Å². The van der Waals surface area contributed by atoms with Gasteiger partial charge in [-0.1, -0.05) is 31.2 Å². The van der Waals surface area contributed by atoms with Crippen molar-refractivity contribution in [2.45, 2.75) is 32.7 Å². The fourth-order valence-electron chi connectivity index (χ4n) is 2.34. The molecule has 1 amide bonds. The van der Waals surface area contributed by atoms with E-state index in [4.69, 9.17) is 0 Å². The molecule has 1 heterocycles. The summed E-state index contributed by atoms with van der Waals surface area (Å²) in [7, 11) is 0. The fourth-order valence-corrected chi connectivity index (χ4v) is 3.01. The SMILES string of the molecule is C[C@@H](CC(=O)c1cccs1)NC(=O)[C@@H](C)Cc1ccccc1F. The quantitative estimate of drug-likeness (QED) is 0.783. The predicted molar refractivity (Wildman–Crippen MR) is 90.1 cm³/mol. The van der Waals surface area contributed by atoms with Crippen LogP contribution < -0.4 is 5.32 Å². The Morgan fingerprint density at radius 1 is 1.17 bits per heavy atom. The standard InChI is InChI=1S/C18H20FNO2S/c1-12(10-14-6-3-4-7-15(14)19)18(22)20-13(2)11-16(21)17-8-5-9-23-17/h3-9,12-13H,10-11H2,1-2H3,(H,20,22)/t12-,13-/m0/s1. The average Bonchev–Trinajstić information content (AvgIpc) is 3.03. The number of ketones is 1. The first-order chi connectivity index (χ1) is 11.0. The third-order valence-corrected chi connectivity index (χ3v) is 4.52. The number of benzene rings is 1. The van der Waals surface area contributed by atoms with E-state index < -0.39 is 0 Å². The van der Waals surface area contributed by atoms with Crippen LogP contribution in [0.5, 0.6) is 0 Å². The molecule has 0 aliphatic heterocycles. The van der Waals surface area contributed by atoms with Crippen LogP contribution in [0.1, 0.15) is 35.5 Å². The number of hydrogen-bond acceptors (Lipinski definition) is 3. The number of hydrogen-bond donors (Lipinski definition) is 1. The van der Waals surface area contributed by atoms with Crippen LogP contribution in [0.2, 0.25) is 0 Å². The number of nitrogens with one attached hydrogen (secondary N) is 1. The molecule has 0 aliphatic carbocycles. The molecule has 23 heavy (non-hydrogen) atoms. The predicted octanol–water partition coefficient (Wildman–Crippen LogP) is 3.84. The van der Waals surface area contributed by atoms with E-state index in [9.17, 15) is 14.0 Å². The zero-order valence-electron chi connectivity index (χ0n) is 13.2.